The van der Waals surface area contributed by atoms with E-state index in [2.05, 4.69) is 5.32 Å². The molecule has 3 aromatic rings. The van der Waals surface area contributed by atoms with E-state index in [0.29, 0.717) is 16.6 Å². The van der Waals surface area contributed by atoms with E-state index in [1.165, 1.54) is 4.90 Å². The predicted molar refractivity (Wildman–Crippen MR) is 138 cm³/mol. The van der Waals surface area contributed by atoms with E-state index in [9.17, 15) is 19.8 Å². The van der Waals surface area contributed by atoms with Crippen LogP contribution in [-0.2, 0) is 22.6 Å². The van der Waals surface area contributed by atoms with E-state index in [0.717, 1.165) is 40.1 Å². The molecule has 3 N–H and O–H groups in total. The van der Waals surface area contributed by atoms with Crippen LogP contribution in [0.3, 0.4) is 0 Å². The van der Waals surface area contributed by atoms with Crippen molar-refractivity contribution in [2.45, 2.75) is 44.1 Å². The lowest BCUT2D eigenvalue weighted by molar-refractivity contribution is -0.153. The number of nitrogens with zero attached hydrogens (tertiary/aromatic N) is 1. The summed E-state index contributed by atoms with van der Waals surface area (Å²) >= 11 is 13.6. The summed E-state index contributed by atoms with van der Waals surface area (Å²) in [6.07, 6.45) is -1.49. The molecule has 4 rings (SSSR count). The quantitative estimate of drug-likeness (QED) is 0.402. The van der Waals surface area contributed by atoms with E-state index in [1.54, 1.807) is 23.5 Å². The molecule has 1 aliphatic rings. The van der Waals surface area contributed by atoms with Crippen LogP contribution >= 0.6 is 34.5 Å². The fourth-order valence-corrected chi connectivity index (χ4v) is 5.55. The Hall–Kier alpha value is -2.42. The molecule has 0 aliphatic carbocycles. The first kappa shape index (κ1) is 25.7. The summed E-state index contributed by atoms with van der Waals surface area (Å²) < 4.78 is 0. The molecular formula is C26H26Cl2N2O4S. The normalized spacial score (nSPS) is 17.3. The average Bonchev–Trinajstić information content (AvgIpc) is 3.52. The number of rotatable bonds is 8. The Morgan fingerprint density at radius 3 is 2.49 bits per heavy atom. The van der Waals surface area contributed by atoms with E-state index in [-0.39, 0.29) is 12.6 Å². The maximum atomic E-state index is 12.9. The third-order valence-corrected chi connectivity index (χ3v) is 7.61. The van der Waals surface area contributed by atoms with Crippen molar-refractivity contribution in [1.82, 2.24) is 10.2 Å². The van der Waals surface area contributed by atoms with Crippen LogP contribution in [-0.4, -0.2) is 45.7 Å². The second kappa shape index (κ2) is 11.5. The van der Waals surface area contributed by atoms with Gasteiger partial charge in [-0.1, -0.05) is 47.5 Å². The molecule has 2 heterocycles. The number of nitrogens with one attached hydrogen (secondary N) is 1. The molecular weight excluding hydrogens is 507 g/mol. The van der Waals surface area contributed by atoms with Gasteiger partial charge in [0.2, 0.25) is 0 Å². The maximum absolute atomic E-state index is 12.9. The first-order chi connectivity index (χ1) is 16.8. The number of carbonyl (C=O) groups is 2. The molecule has 2 aromatic carbocycles. The highest BCUT2D eigenvalue weighted by Crippen LogP contribution is 2.33. The topological polar surface area (TPSA) is 89.9 Å². The van der Waals surface area contributed by atoms with Crippen molar-refractivity contribution in [2.75, 3.05) is 6.54 Å². The zero-order valence-electron chi connectivity index (χ0n) is 18.9. The minimum atomic E-state index is -1.86. The van der Waals surface area contributed by atoms with Crippen molar-refractivity contribution in [2.24, 2.45) is 0 Å². The highest BCUT2D eigenvalue weighted by atomic mass is 35.5. The summed E-state index contributed by atoms with van der Waals surface area (Å²) in [6, 6.07) is 18.5. The molecule has 9 heteroatoms. The van der Waals surface area contributed by atoms with E-state index in [1.807, 2.05) is 48.5 Å². The number of hydrogen-bond donors (Lipinski definition) is 3. The number of carbonyl (C=O) groups excluding carboxylic acids is 2. The summed E-state index contributed by atoms with van der Waals surface area (Å²) in [4.78, 5) is 28.9. The van der Waals surface area contributed by atoms with Gasteiger partial charge in [0.1, 0.15) is 0 Å². The molecule has 2 amide bonds. The first-order valence-corrected chi connectivity index (χ1v) is 12.9. The van der Waals surface area contributed by atoms with Crippen molar-refractivity contribution in [1.29, 1.82) is 0 Å². The number of likely N-dealkylation sites (tertiary alicyclic amines) is 1. The third-order valence-electron chi connectivity index (χ3n) is 6.04. The van der Waals surface area contributed by atoms with Crippen LogP contribution in [0.4, 0.5) is 0 Å². The molecule has 0 saturated carbocycles. The molecule has 1 aliphatic heterocycles. The first-order valence-electron chi connectivity index (χ1n) is 11.3. The second-order valence-corrected chi connectivity index (χ2v) is 10.6. The average molecular weight is 533 g/mol. The summed E-state index contributed by atoms with van der Waals surface area (Å²) in [6.45, 7) is 0.629. The molecule has 184 valence electrons. The number of benzene rings is 2. The van der Waals surface area contributed by atoms with Gasteiger partial charge in [0.05, 0.1) is 12.6 Å². The Balaban J connectivity index is 1.31. The number of aliphatic hydroxyl groups is 2. The Bertz CT molecular complexity index is 1180. The Labute approximate surface area is 218 Å². The van der Waals surface area contributed by atoms with Crippen LogP contribution in [0, 0.1) is 0 Å². The second-order valence-electron chi connectivity index (χ2n) is 8.52. The number of hydrogen-bond acceptors (Lipinski definition) is 5. The van der Waals surface area contributed by atoms with Gasteiger partial charge in [-0.2, -0.15) is 0 Å². The number of aliphatic hydroxyl groups excluding tert-OH is 2. The highest BCUT2D eigenvalue weighted by molar-refractivity contribution is 7.12. The van der Waals surface area contributed by atoms with E-state index in [4.69, 9.17) is 23.2 Å². The minimum absolute atomic E-state index is 0.191. The lowest BCUT2D eigenvalue weighted by Crippen LogP contribution is -2.50. The van der Waals surface area contributed by atoms with Crippen molar-refractivity contribution in [3.8, 4) is 0 Å². The van der Waals surface area contributed by atoms with Crippen LogP contribution in [0.25, 0.3) is 0 Å². The van der Waals surface area contributed by atoms with Gasteiger partial charge in [-0.25, -0.2) is 0 Å². The molecule has 1 aromatic heterocycles. The maximum Gasteiger partial charge on any atom is 0.255 e. The van der Waals surface area contributed by atoms with Crippen LogP contribution in [0.5, 0.6) is 0 Å². The van der Waals surface area contributed by atoms with Gasteiger partial charge in [-0.05, 0) is 60.4 Å². The Morgan fingerprint density at radius 2 is 1.74 bits per heavy atom. The van der Waals surface area contributed by atoms with Gasteiger partial charge in [0.15, 0.2) is 12.2 Å². The van der Waals surface area contributed by atoms with Crippen molar-refractivity contribution < 1.29 is 19.8 Å². The standard InChI is InChI=1S/C26H26Cl2N2O4S/c27-18-8-6-16(7-9-18)13-20-10-11-21(35-20)15-29-25(33)23(31)24(32)26(34)30-12-2-5-22(30)17-3-1-4-19(28)14-17/h1,3-4,6-11,14,22-24,31-32H,2,5,12-13,15H2,(H,29,33)/t22-,23-,24-/m1/s1. The van der Waals surface area contributed by atoms with Crippen molar-refractivity contribution in [3.05, 3.63) is 91.6 Å². The van der Waals surface area contributed by atoms with Gasteiger partial charge in [-0.3, -0.25) is 9.59 Å². The van der Waals surface area contributed by atoms with Crippen LogP contribution < -0.4 is 5.32 Å². The van der Waals surface area contributed by atoms with Gasteiger partial charge in [0.25, 0.3) is 11.8 Å². The number of amides is 2. The predicted octanol–water partition coefficient (Wildman–Crippen LogP) is 4.35. The molecule has 35 heavy (non-hydrogen) atoms. The molecule has 6 nitrogen and oxygen atoms in total. The van der Waals surface area contributed by atoms with Crippen LogP contribution in [0.1, 0.15) is 39.8 Å². The minimum Gasteiger partial charge on any atom is -0.380 e. The van der Waals surface area contributed by atoms with Gasteiger partial charge in [0, 0.05) is 32.8 Å². The van der Waals surface area contributed by atoms with Gasteiger partial charge < -0.3 is 20.4 Å². The Morgan fingerprint density at radius 1 is 1.00 bits per heavy atom. The smallest absolute Gasteiger partial charge is 0.255 e. The molecule has 0 unspecified atom stereocenters. The zero-order valence-corrected chi connectivity index (χ0v) is 21.2. The van der Waals surface area contributed by atoms with Crippen LogP contribution in [0.2, 0.25) is 10.0 Å². The lowest BCUT2D eigenvalue weighted by atomic mass is 10.0. The SMILES string of the molecule is O=C(NCc1ccc(Cc2ccc(Cl)cc2)s1)[C@H](O)[C@@H](O)C(=O)N1CCC[C@@H]1c1cccc(Cl)c1. The zero-order chi connectivity index (χ0) is 24.9. The van der Waals surface area contributed by atoms with E-state index >= 15 is 0 Å². The van der Waals surface area contributed by atoms with Gasteiger partial charge in [-0.15, -0.1) is 11.3 Å². The van der Waals surface area contributed by atoms with E-state index < -0.39 is 24.0 Å². The fraction of sp³-hybridized carbons (Fsp3) is 0.308. The largest absolute Gasteiger partial charge is 0.380 e. The molecule has 0 bridgehead atoms. The highest BCUT2D eigenvalue weighted by Gasteiger charge is 2.38. The number of thiophene rings is 1. The monoisotopic (exact) mass is 532 g/mol. The molecule has 3 atom stereocenters. The summed E-state index contributed by atoms with van der Waals surface area (Å²) in [7, 11) is 0. The van der Waals surface area contributed by atoms with Gasteiger partial charge >= 0.3 is 0 Å². The molecule has 0 radical (unpaired) electrons. The van der Waals surface area contributed by atoms with Crippen molar-refractivity contribution in [3.63, 3.8) is 0 Å². The summed E-state index contributed by atoms with van der Waals surface area (Å²) in [5.74, 6) is -1.46. The van der Waals surface area contributed by atoms with Crippen LogP contribution in [0.15, 0.2) is 60.7 Å². The lowest BCUT2D eigenvalue weighted by Gasteiger charge is -2.28. The molecule has 0 spiro atoms. The number of halogens is 2. The molecule has 1 fully saturated rings. The molecule has 1 saturated heterocycles. The fourth-order valence-electron chi connectivity index (χ4n) is 4.23. The Kier molecular flexibility index (Phi) is 8.46. The third kappa shape index (κ3) is 6.42. The summed E-state index contributed by atoms with van der Waals surface area (Å²) in [5, 5.41) is 24.7. The summed E-state index contributed by atoms with van der Waals surface area (Å²) in [5.41, 5.74) is 1.99. The van der Waals surface area contributed by atoms with Crippen molar-refractivity contribution >= 4 is 46.4 Å².